The monoisotopic (exact) mass is 340 g/mol. The van der Waals surface area contributed by atoms with Crippen LogP contribution in [0.15, 0.2) is 54.9 Å². The van der Waals surface area contributed by atoms with Gasteiger partial charge in [-0.1, -0.05) is 24.3 Å². The lowest BCUT2D eigenvalue weighted by Crippen LogP contribution is -2.29. The molecule has 25 heavy (non-hydrogen) atoms. The minimum atomic E-state index is -1.13. The van der Waals surface area contributed by atoms with E-state index in [1.165, 1.54) is 18.3 Å². The first-order chi connectivity index (χ1) is 12.1. The molecule has 0 saturated carbocycles. The van der Waals surface area contributed by atoms with Crippen molar-refractivity contribution < 1.29 is 14.3 Å². The molecule has 2 N–H and O–H groups in total. The Kier molecular flexibility index (Phi) is 4.85. The van der Waals surface area contributed by atoms with Gasteiger partial charge in [0.15, 0.2) is 5.82 Å². The molecule has 0 aliphatic rings. The Morgan fingerprint density at radius 2 is 2.04 bits per heavy atom. The van der Waals surface area contributed by atoms with Crippen LogP contribution in [0.5, 0.6) is 0 Å². The molecular formula is C18H17FN4O2. The Balaban J connectivity index is 1.70. The third-order valence-corrected chi connectivity index (χ3v) is 3.84. The fraction of sp³-hybridized carbons (Fsp3) is 0.167. The summed E-state index contributed by atoms with van der Waals surface area (Å²) in [7, 11) is 0. The molecule has 7 heteroatoms. The van der Waals surface area contributed by atoms with Crippen molar-refractivity contribution in [2.75, 3.05) is 6.54 Å². The number of hydrogen-bond acceptors (Lipinski definition) is 4. The number of hydrogen-bond donors (Lipinski definition) is 2. The number of aliphatic hydroxyl groups is 1. The van der Waals surface area contributed by atoms with Crippen LogP contribution in [0.1, 0.15) is 27.7 Å². The van der Waals surface area contributed by atoms with Gasteiger partial charge in [-0.2, -0.15) is 5.10 Å². The minimum absolute atomic E-state index is 0.103. The first-order valence-corrected chi connectivity index (χ1v) is 7.74. The molecule has 0 radical (unpaired) electrons. The third-order valence-electron chi connectivity index (χ3n) is 3.84. The molecule has 0 saturated heterocycles. The maximum Gasteiger partial charge on any atom is 0.254 e. The summed E-state index contributed by atoms with van der Waals surface area (Å²) < 4.78 is 15.2. The van der Waals surface area contributed by atoms with Gasteiger partial charge in [0.25, 0.3) is 5.91 Å². The van der Waals surface area contributed by atoms with Crippen LogP contribution < -0.4 is 5.32 Å². The maximum atomic E-state index is 13.6. The highest BCUT2D eigenvalue weighted by molar-refractivity contribution is 5.95. The van der Waals surface area contributed by atoms with Crippen LogP contribution in [0, 0.1) is 12.7 Å². The van der Waals surface area contributed by atoms with E-state index < -0.39 is 17.8 Å². The lowest BCUT2D eigenvalue weighted by Gasteiger charge is -2.13. The van der Waals surface area contributed by atoms with Crippen LogP contribution in [0.2, 0.25) is 0 Å². The van der Waals surface area contributed by atoms with Crippen molar-refractivity contribution in [1.29, 1.82) is 0 Å². The second kappa shape index (κ2) is 7.23. The number of rotatable bonds is 5. The number of nitrogens with one attached hydrogen (secondary N) is 1. The minimum Gasteiger partial charge on any atom is -0.386 e. The van der Waals surface area contributed by atoms with E-state index in [0.717, 1.165) is 0 Å². The maximum absolute atomic E-state index is 13.6. The second-order valence-corrected chi connectivity index (χ2v) is 5.49. The van der Waals surface area contributed by atoms with Crippen LogP contribution in [0.25, 0.3) is 5.82 Å². The number of carbonyl (C=O) groups is 1. The first kappa shape index (κ1) is 16.8. The van der Waals surface area contributed by atoms with Gasteiger partial charge >= 0.3 is 0 Å². The highest BCUT2D eigenvalue weighted by atomic mass is 19.1. The largest absolute Gasteiger partial charge is 0.386 e. The summed E-state index contributed by atoms with van der Waals surface area (Å²) >= 11 is 0. The topological polar surface area (TPSA) is 80.0 Å². The Bertz CT molecular complexity index is 880. The fourth-order valence-electron chi connectivity index (χ4n) is 2.48. The zero-order chi connectivity index (χ0) is 17.8. The van der Waals surface area contributed by atoms with E-state index >= 15 is 0 Å². The summed E-state index contributed by atoms with van der Waals surface area (Å²) in [6, 6.07) is 11.3. The van der Waals surface area contributed by atoms with Crippen LogP contribution in [0.3, 0.4) is 0 Å². The van der Waals surface area contributed by atoms with E-state index in [1.54, 1.807) is 42.1 Å². The van der Waals surface area contributed by atoms with Crippen molar-refractivity contribution in [3.63, 3.8) is 0 Å². The van der Waals surface area contributed by atoms with E-state index in [9.17, 15) is 14.3 Å². The zero-order valence-electron chi connectivity index (χ0n) is 13.6. The van der Waals surface area contributed by atoms with Gasteiger partial charge in [-0.05, 0) is 25.1 Å². The lowest BCUT2D eigenvalue weighted by atomic mass is 10.1. The predicted octanol–water partition coefficient (Wildman–Crippen LogP) is 2.18. The fourth-order valence-corrected chi connectivity index (χ4v) is 2.48. The summed E-state index contributed by atoms with van der Waals surface area (Å²) in [5.74, 6) is -0.302. The highest BCUT2D eigenvalue weighted by Gasteiger charge is 2.18. The van der Waals surface area contributed by atoms with Gasteiger partial charge in [0, 0.05) is 18.3 Å². The highest BCUT2D eigenvalue weighted by Crippen LogP contribution is 2.16. The van der Waals surface area contributed by atoms with Gasteiger partial charge in [-0.15, -0.1) is 0 Å². The Morgan fingerprint density at radius 3 is 2.76 bits per heavy atom. The number of aliphatic hydroxyl groups excluding tert-OH is 1. The average molecular weight is 340 g/mol. The van der Waals surface area contributed by atoms with Crippen molar-refractivity contribution in [3.8, 4) is 5.82 Å². The molecule has 1 atom stereocenters. The predicted molar refractivity (Wildman–Crippen MR) is 89.8 cm³/mol. The van der Waals surface area contributed by atoms with Gasteiger partial charge < -0.3 is 10.4 Å². The van der Waals surface area contributed by atoms with Crippen molar-refractivity contribution >= 4 is 5.91 Å². The first-order valence-electron chi connectivity index (χ1n) is 7.74. The molecular weight excluding hydrogens is 323 g/mol. The number of halogens is 1. The van der Waals surface area contributed by atoms with Crippen molar-refractivity contribution in [1.82, 2.24) is 20.1 Å². The van der Waals surface area contributed by atoms with Gasteiger partial charge in [-0.3, -0.25) is 4.79 Å². The lowest BCUT2D eigenvalue weighted by molar-refractivity contribution is 0.0913. The van der Waals surface area contributed by atoms with Crippen LogP contribution in [-0.4, -0.2) is 32.3 Å². The van der Waals surface area contributed by atoms with E-state index in [2.05, 4.69) is 15.4 Å². The molecule has 0 bridgehead atoms. The molecule has 1 aromatic carbocycles. The average Bonchev–Trinajstić information content (AvgIpc) is 3.02. The molecule has 0 spiro atoms. The molecule has 3 aromatic rings. The SMILES string of the molecule is Cc1c(C(=O)NCC(O)c2ccccc2F)cnn1-c1ccccn1. The number of carbonyl (C=O) groups excluding carboxylic acids is 1. The Morgan fingerprint density at radius 1 is 1.28 bits per heavy atom. The van der Waals surface area contributed by atoms with E-state index in [1.807, 2.05) is 6.07 Å². The van der Waals surface area contributed by atoms with E-state index in [-0.39, 0.29) is 12.1 Å². The molecule has 1 amide bonds. The summed E-state index contributed by atoms with van der Waals surface area (Å²) in [5.41, 5.74) is 1.13. The standard InChI is InChI=1S/C18H17FN4O2/c1-12-14(10-22-23(12)17-8-4-5-9-20-17)18(25)21-11-16(24)13-6-2-3-7-15(13)19/h2-10,16,24H,11H2,1H3,(H,21,25). The Labute approximate surface area is 144 Å². The molecule has 0 aliphatic carbocycles. The smallest absolute Gasteiger partial charge is 0.254 e. The van der Waals surface area contributed by atoms with Crippen LogP contribution in [0.4, 0.5) is 4.39 Å². The normalized spacial score (nSPS) is 12.0. The summed E-state index contributed by atoms with van der Waals surface area (Å²) in [6.07, 6.45) is 1.95. The number of aromatic nitrogens is 3. The van der Waals surface area contributed by atoms with Crippen LogP contribution in [-0.2, 0) is 0 Å². The van der Waals surface area contributed by atoms with Gasteiger partial charge in [0.2, 0.25) is 0 Å². The molecule has 128 valence electrons. The summed E-state index contributed by atoms with van der Waals surface area (Å²) in [6.45, 7) is 1.65. The number of pyridine rings is 1. The van der Waals surface area contributed by atoms with E-state index in [0.29, 0.717) is 17.1 Å². The number of benzene rings is 1. The molecule has 3 rings (SSSR count). The molecule has 0 aliphatic heterocycles. The number of nitrogens with zero attached hydrogens (tertiary/aromatic N) is 3. The molecule has 1 unspecified atom stereocenters. The van der Waals surface area contributed by atoms with Crippen molar-refractivity contribution in [2.45, 2.75) is 13.0 Å². The summed E-state index contributed by atoms with van der Waals surface area (Å²) in [5, 5.41) is 16.8. The molecule has 2 heterocycles. The number of amides is 1. The van der Waals surface area contributed by atoms with Crippen molar-refractivity contribution in [2.24, 2.45) is 0 Å². The molecule has 0 fully saturated rings. The second-order valence-electron chi connectivity index (χ2n) is 5.49. The van der Waals surface area contributed by atoms with Gasteiger partial charge in [-0.25, -0.2) is 14.1 Å². The summed E-state index contributed by atoms with van der Waals surface area (Å²) in [4.78, 5) is 16.5. The van der Waals surface area contributed by atoms with E-state index in [4.69, 9.17) is 0 Å². The van der Waals surface area contributed by atoms with Crippen molar-refractivity contribution in [3.05, 3.63) is 77.5 Å². The quantitative estimate of drug-likeness (QED) is 0.746. The van der Waals surface area contributed by atoms with Crippen LogP contribution >= 0.6 is 0 Å². The molecule has 6 nitrogen and oxygen atoms in total. The zero-order valence-corrected chi connectivity index (χ0v) is 13.6. The van der Waals surface area contributed by atoms with Gasteiger partial charge in [0.05, 0.1) is 23.6 Å². The van der Waals surface area contributed by atoms with Gasteiger partial charge in [0.1, 0.15) is 5.82 Å². The molecule has 2 aromatic heterocycles. The Hall–Kier alpha value is -3.06. The third kappa shape index (κ3) is 3.56.